The summed E-state index contributed by atoms with van der Waals surface area (Å²) in [6.07, 6.45) is 0.961. The third kappa shape index (κ3) is 8.18. The van der Waals surface area contributed by atoms with Crippen LogP contribution in [-0.2, 0) is 9.59 Å². The number of benzene rings is 1. The van der Waals surface area contributed by atoms with E-state index >= 15 is 0 Å². The van der Waals surface area contributed by atoms with Gasteiger partial charge in [-0.2, -0.15) is 0 Å². The molecule has 2 amide bonds. The van der Waals surface area contributed by atoms with Crippen molar-refractivity contribution >= 4 is 29.9 Å². The maximum absolute atomic E-state index is 11.5. The van der Waals surface area contributed by atoms with Crippen LogP contribution in [-0.4, -0.2) is 24.4 Å². The first-order valence-electron chi connectivity index (χ1n) is 5.95. The third-order valence-electron chi connectivity index (χ3n) is 2.33. The molecule has 1 rings (SSSR count). The van der Waals surface area contributed by atoms with Crippen molar-refractivity contribution in [1.29, 1.82) is 0 Å². The van der Waals surface area contributed by atoms with Gasteiger partial charge in [0.2, 0.25) is 11.8 Å². The molecule has 0 aliphatic heterocycles. The lowest BCUT2D eigenvalue weighted by Gasteiger charge is -2.07. The summed E-state index contributed by atoms with van der Waals surface area (Å²) in [5, 5.41) is 5.24. The van der Waals surface area contributed by atoms with Gasteiger partial charge >= 0.3 is 0 Å². The number of nitrogens with two attached hydrogens (primary N) is 1. The van der Waals surface area contributed by atoms with Crippen LogP contribution in [0.4, 0.5) is 5.69 Å². The van der Waals surface area contributed by atoms with Gasteiger partial charge in [-0.1, -0.05) is 18.2 Å². The molecule has 1 atom stereocenters. The Hall–Kier alpha value is -1.59. The standard InChI is InChI=1S/C13H19N3O2.ClH/c1-10(14)7-8-12(17)15-9-13(18)16-11-5-3-2-4-6-11;/h2-6,10H,7-9,14H2,1H3,(H,15,17)(H,16,18);1H. The Balaban J connectivity index is 0.00000324. The normalized spacial score (nSPS) is 11.1. The molecular formula is C13H20ClN3O2. The van der Waals surface area contributed by atoms with Gasteiger partial charge in [-0.3, -0.25) is 9.59 Å². The molecule has 0 fully saturated rings. The highest BCUT2D eigenvalue weighted by Gasteiger charge is 2.06. The van der Waals surface area contributed by atoms with E-state index in [1.807, 2.05) is 25.1 Å². The predicted octanol–water partition coefficient (Wildman–Crippen LogP) is 1.29. The molecule has 0 aliphatic rings. The molecule has 0 bridgehead atoms. The SMILES string of the molecule is CC(N)CCC(=O)NCC(=O)Nc1ccccc1.Cl. The van der Waals surface area contributed by atoms with Gasteiger partial charge in [0, 0.05) is 18.2 Å². The lowest BCUT2D eigenvalue weighted by atomic mass is 10.2. The number of hydrogen-bond donors (Lipinski definition) is 3. The zero-order chi connectivity index (χ0) is 13.4. The van der Waals surface area contributed by atoms with Crippen LogP contribution >= 0.6 is 12.4 Å². The Kier molecular flexibility index (Phi) is 8.57. The Morgan fingerprint density at radius 2 is 1.84 bits per heavy atom. The average molecular weight is 286 g/mol. The van der Waals surface area contributed by atoms with E-state index in [1.165, 1.54) is 0 Å². The summed E-state index contributed by atoms with van der Waals surface area (Å²) in [4.78, 5) is 22.9. The molecule has 106 valence electrons. The van der Waals surface area contributed by atoms with Gasteiger partial charge in [0.1, 0.15) is 0 Å². The minimum absolute atomic E-state index is 0. The lowest BCUT2D eigenvalue weighted by molar-refractivity contribution is -0.124. The Bertz CT molecular complexity index is 396. The van der Waals surface area contributed by atoms with Crippen LogP contribution < -0.4 is 16.4 Å². The van der Waals surface area contributed by atoms with Crippen molar-refractivity contribution in [2.24, 2.45) is 5.73 Å². The molecule has 1 aromatic rings. The van der Waals surface area contributed by atoms with Crippen LogP contribution in [0, 0.1) is 0 Å². The first-order valence-corrected chi connectivity index (χ1v) is 5.95. The second-order valence-corrected chi connectivity index (χ2v) is 4.21. The van der Waals surface area contributed by atoms with E-state index in [1.54, 1.807) is 12.1 Å². The molecule has 0 aromatic heterocycles. The van der Waals surface area contributed by atoms with E-state index in [9.17, 15) is 9.59 Å². The van der Waals surface area contributed by atoms with Crippen LogP contribution in [0.3, 0.4) is 0 Å². The van der Waals surface area contributed by atoms with E-state index in [0.29, 0.717) is 18.5 Å². The van der Waals surface area contributed by atoms with Crippen LogP contribution in [0.5, 0.6) is 0 Å². The number of carbonyl (C=O) groups excluding carboxylic acids is 2. The molecule has 0 saturated heterocycles. The van der Waals surface area contributed by atoms with Crippen LogP contribution in [0.25, 0.3) is 0 Å². The van der Waals surface area contributed by atoms with E-state index in [2.05, 4.69) is 10.6 Å². The fraction of sp³-hybridized carbons (Fsp3) is 0.385. The van der Waals surface area contributed by atoms with Gasteiger partial charge < -0.3 is 16.4 Å². The highest BCUT2D eigenvalue weighted by atomic mass is 35.5. The highest BCUT2D eigenvalue weighted by Crippen LogP contribution is 2.03. The van der Waals surface area contributed by atoms with Crippen LogP contribution in [0.2, 0.25) is 0 Å². The number of amides is 2. The molecule has 0 radical (unpaired) electrons. The molecular weight excluding hydrogens is 266 g/mol. The van der Waals surface area contributed by atoms with Crippen molar-refractivity contribution in [2.75, 3.05) is 11.9 Å². The lowest BCUT2D eigenvalue weighted by Crippen LogP contribution is -2.33. The van der Waals surface area contributed by atoms with Crippen LogP contribution in [0.1, 0.15) is 19.8 Å². The number of carbonyl (C=O) groups is 2. The monoisotopic (exact) mass is 285 g/mol. The van der Waals surface area contributed by atoms with Crippen molar-refractivity contribution in [2.45, 2.75) is 25.8 Å². The van der Waals surface area contributed by atoms with Gasteiger partial charge in [-0.25, -0.2) is 0 Å². The first-order chi connectivity index (χ1) is 8.58. The molecule has 0 spiro atoms. The number of nitrogens with one attached hydrogen (secondary N) is 2. The highest BCUT2D eigenvalue weighted by molar-refractivity contribution is 5.94. The third-order valence-corrected chi connectivity index (χ3v) is 2.33. The number of hydrogen-bond acceptors (Lipinski definition) is 3. The first kappa shape index (κ1) is 17.4. The van der Waals surface area contributed by atoms with Crippen molar-refractivity contribution in [3.05, 3.63) is 30.3 Å². The maximum atomic E-state index is 11.5. The average Bonchev–Trinajstić information content (AvgIpc) is 2.35. The maximum Gasteiger partial charge on any atom is 0.243 e. The van der Waals surface area contributed by atoms with E-state index < -0.39 is 0 Å². The van der Waals surface area contributed by atoms with Gasteiger partial charge in [-0.15, -0.1) is 12.4 Å². The molecule has 1 aromatic carbocycles. The van der Waals surface area contributed by atoms with Crippen LogP contribution in [0.15, 0.2) is 30.3 Å². The molecule has 19 heavy (non-hydrogen) atoms. The largest absolute Gasteiger partial charge is 0.347 e. The summed E-state index contributed by atoms with van der Waals surface area (Å²) in [5.41, 5.74) is 6.25. The molecule has 0 saturated carbocycles. The van der Waals surface area contributed by atoms with E-state index in [4.69, 9.17) is 5.73 Å². The smallest absolute Gasteiger partial charge is 0.243 e. The zero-order valence-electron chi connectivity index (χ0n) is 10.9. The summed E-state index contributed by atoms with van der Waals surface area (Å²) in [5.74, 6) is -0.397. The van der Waals surface area contributed by atoms with Crippen molar-refractivity contribution in [3.63, 3.8) is 0 Å². The summed E-state index contributed by atoms with van der Waals surface area (Å²) < 4.78 is 0. The Morgan fingerprint density at radius 3 is 2.42 bits per heavy atom. The quantitative estimate of drug-likeness (QED) is 0.736. The van der Waals surface area contributed by atoms with E-state index in [-0.39, 0.29) is 36.8 Å². The summed E-state index contributed by atoms with van der Waals surface area (Å²) in [6.45, 7) is 1.82. The molecule has 0 heterocycles. The van der Waals surface area contributed by atoms with Crippen molar-refractivity contribution < 1.29 is 9.59 Å². The number of para-hydroxylation sites is 1. The number of halogens is 1. The molecule has 5 nitrogen and oxygen atoms in total. The predicted molar refractivity (Wildman–Crippen MR) is 78.2 cm³/mol. The van der Waals surface area contributed by atoms with Crippen molar-refractivity contribution in [1.82, 2.24) is 5.32 Å². The fourth-order valence-electron chi connectivity index (χ4n) is 1.35. The van der Waals surface area contributed by atoms with Gasteiger partial charge in [0.05, 0.1) is 6.54 Å². The minimum atomic E-state index is -0.240. The topological polar surface area (TPSA) is 84.2 Å². The summed E-state index contributed by atoms with van der Waals surface area (Å²) >= 11 is 0. The molecule has 0 aliphatic carbocycles. The summed E-state index contributed by atoms with van der Waals surface area (Å²) in [6, 6.07) is 9.10. The zero-order valence-corrected chi connectivity index (χ0v) is 11.7. The number of anilines is 1. The Labute approximate surface area is 119 Å². The van der Waals surface area contributed by atoms with Gasteiger partial charge in [-0.05, 0) is 25.5 Å². The number of rotatable bonds is 6. The molecule has 1 unspecified atom stereocenters. The molecule has 6 heteroatoms. The second-order valence-electron chi connectivity index (χ2n) is 4.21. The van der Waals surface area contributed by atoms with E-state index in [0.717, 1.165) is 0 Å². The summed E-state index contributed by atoms with van der Waals surface area (Å²) in [7, 11) is 0. The molecule has 4 N–H and O–H groups in total. The van der Waals surface area contributed by atoms with Crippen molar-refractivity contribution in [3.8, 4) is 0 Å². The fourth-order valence-corrected chi connectivity index (χ4v) is 1.35. The Morgan fingerprint density at radius 1 is 1.21 bits per heavy atom. The second kappa shape index (κ2) is 9.35. The van der Waals surface area contributed by atoms with Gasteiger partial charge in [0.15, 0.2) is 0 Å². The minimum Gasteiger partial charge on any atom is -0.347 e. The van der Waals surface area contributed by atoms with Gasteiger partial charge in [0.25, 0.3) is 0 Å².